The lowest BCUT2D eigenvalue weighted by Gasteiger charge is -2.38. The predicted octanol–water partition coefficient (Wildman–Crippen LogP) is 6.93. The fourth-order valence-corrected chi connectivity index (χ4v) is 5.73. The van der Waals surface area contributed by atoms with Crippen LogP contribution in [0.5, 0.6) is 11.5 Å². The van der Waals surface area contributed by atoms with Gasteiger partial charge in [0.05, 0.1) is 20.2 Å². The minimum absolute atomic E-state index is 0.324. The van der Waals surface area contributed by atoms with Crippen molar-refractivity contribution in [2.75, 3.05) is 18.0 Å². The minimum Gasteiger partial charge on any atom is -0.454 e. The van der Waals surface area contributed by atoms with Crippen LogP contribution in [0, 0.1) is 6.92 Å². The first-order chi connectivity index (χ1) is 14.9. The van der Waals surface area contributed by atoms with E-state index in [1.54, 1.807) is 0 Å². The van der Waals surface area contributed by atoms with Crippen molar-refractivity contribution in [3.63, 3.8) is 0 Å². The molecule has 0 aliphatic carbocycles. The van der Waals surface area contributed by atoms with Crippen molar-refractivity contribution in [2.45, 2.75) is 26.4 Å². The Hall–Kier alpha value is -2.31. The molecule has 1 spiro atoms. The van der Waals surface area contributed by atoms with Crippen molar-refractivity contribution in [3.8, 4) is 11.5 Å². The number of halogens is 2. The summed E-state index contributed by atoms with van der Waals surface area (Å²) in [5.74, 6) is 1.03. The maximum absolute atomic E-state index is 13.0. The molecule has 0 bridgehead atoms. The van der Waals surface area contributed by atoms with E-state index in [9.17, 15) is 4.79 Å². The van der Waals surface area contributed by atoms with E-state index in [-0.39, 0.29) is 5.97 Å². The third kappa shape index (κ3) is 2.74. The molecule has 2 aliphatic heterocycles. The van der Waals surface area contributed by atoms with Gasteiger partial charge in [0.15, 0.2) is 11.4 Å². The lowest BCUT2D eigenvalue weighted by molar-refractivity contribution is 0.0223. The van der Waals surface area contributed by atoms with Crippen molar-refractivity contribution in [1.82, 2.24) is 0 Å². The third-order valence-corrected chi connectivity index (χ3v) is 7.96. The van der Waals surface area contributed by atoms with Crippen LogP contribution in [-0.2, 0) is 10.3 Å². The molecule has 0 radical (unpaired) electrons. The summed E-state index contributed by atoms with van der Waals surface area (Å²) in [6, 6.07) is 15.7. The number of nitrogens with zero attached hydrogens (tertiary/aromatic N) is 1. The fourth-order valence-electron chi connectivity index (χ4n) is 4.63. The number of anilines is 1. The summed E-state index contributed by atoms with van der Waals surface area (Å²) in [6.07, 6.45) is 0. The van der Waals surface area contributed by atoms with E-state index >= 15 is 0 Å². The first kappa shape index (κ1) is 20.6. The van der Waals surface area contributed by atoms with Gasteiger partial charge in [-0.25, -0.2) is 4.79 Å². The number of rotatable bonds is 3. The Morgan fingerprint density at radius 1 is 0.871 bits per heavy atom. The van der Waals surface area contributed by atoms with Gasteiger partial charge in [0.2, 0.25) is 0 Å². The molecule has 2 heterocycles. The molecule has 2 aliphatic rings. The molecule has 31 heavy (non-hydrogen) atoms. The van der Waals surface area contributed by atoms with Gasteiger partial charge < -0.3 is 14.4 Å². The molecular weight excluding hydrogens is 522 g/mol. The first-order valence-corrected chi connectivity index (χ1v) is 11.9. The number of ether oxygens (including phenoxy) is 2. The van der Waals surface area contributed by atoms with Gasteiger partial charge in [-0.1, -0.05) is 30.3 Å². The van der Waals surface area contributed by atoms with E-state index in [2.05, 4.69) is 56.7 Å². The van der Waals surface area contributed by atoms with Gasteiger partial charge in [-0.3, -0.25) is 0 Å². The molecule has 158 valence electrons. The second kappa shape index (κ2) is 7.38. The van der Waals surface area contributed by atoms with Crippen molar-refractivity contribution < 1.29 is 14.3 Å². The molecule has 0 N–H and O–H groups in total. The molecule has 3 aromatic carbocycles. The normalized spacial score (nSPS) is 18.2. The fraction of sp³-hybridized carbons (Fsp3) is 0.240. The molecule has 0 amide bonds. The van der Waals surface area contributed by atoms with Crippen LogP contribution in [0.1, 0.15) is 46.5 Å². The summed E-state index contributed by atoms with van der Waals surface area (Å²) < 4.78 is 14.5. The van der Waals surface area contributed by atoms with Gasteiger partial charge in [-0.2, -0.15) is 0 Å². The highest BCUT2D eigenvalue weighted by Gasteiger charge is 2.54. The highest BCUT2D eigenvalue weighted by molar-refractivity contribution is 9.11. The number of carbonyl (C=O) groups excluding carboxylic acids is 1. The molecule has 1 unspecified atom stereocenters. The molecule has 6 heteroatoms. The standard InChI is InChI=1S/C25H21Br2NO3/c1-4-28(5-2)19-13-12-18-23(21(19)27)30-22-17(11-10-14(3)20(22)26)25(18)16-9-7-6-8-15(16)24(29)31-25/h6-13H,4-5H2,1-3H3. The van der Waals surface area contributed by atoms with E-state index in [4.69, 9.17) is 9.47 Å². The lowest BCUT2D eigenvalue weighted by atomic mass is 9.77. The van der Waals surface area contributed by atoms with Crippen LogP contribution in [0.15, 0.2) is 57.5 Å². The zero-order chi connectivity index (χ0) is 21.9. The average Bonchev–Trinajstić information content (AvgIpc) is 3.07. The molecule has 3 aromatic rings. The topological polar surface area (TPSA) is 38.8 Å². The Bertz CT molecular complexity index is 1240. The monoisotopic (exact) mass is 541 g/mol. The van der Waals surface area contributed by atoms with Crippen LogP contribution >= 0.6 is 31.9 Å². The molecule has 1 atom stereocenters. The van der Waals surface area contributed by atoms with Crippen LogP contribution in [0.2, 0.25) is 0 Å². The highest BCUT2D eigenvalue weighted by Crippen LogP contribution is 2.60. The second-order valence-corrected chi connectivity index (χ2v) is 9.33. The molecule has 0 aromatic heterocycles. The molecule has 0 fully saturated rings. The van der Waals surface area contributed by atoms with Crippen LogP contribution < -0.4 is 9.64 Å². The first-order valence-electron chi connectivity index (χ1n) is 10.3. The summed E-state index contributed by atoms with van der Waals surface area (Å²) in [5.41, 5.74) is 4.09. The van der Waals surface area contributed by atoms with Crippen molar-refractivity contribution >= 4 is 43.5 Å². The van der Waals surface area contributed by atoms with Crippen LogP contribution in [0.3, 0.4) is 0 Å². The minimum atomic E-state index is -1.06. The Morgan fingerprint density at radius 3 is 2.23 bits per heavy atom. The second-order valence-electron chi connectivity index (χ2n) is 7.74. The quantitative estimate of drug-likeness (QED) is 0.336. The zero-order valence-electron chi connectivity index (χ0n) is 17.5. The van der Waals surface area contributed by atoms with E-state index in [0.717, 1.165) is 50.0 Å². The molecule has 4 nitrogen and oxygen atoms in total. The van der Waals surface area contributed by atoms with E-state index in [1.807, 2.05) is 49.4 Å². The lowest BCUT2D eigenvalue weighted by Crippen LogP contribution is -2.33. The average molecular weight is 543 g/mol. The Labute approximate surface area is 198 Å². The third-order valence-electron chi connectivity index (χ3n) is 6.21. The zero-order valence-corrected chi connectivity index (χ0v) is 20.6. The van der Waals surface area contributed by atoms with Gasteiger partial charge in [0.1, 0.15) is 5.75 Å². The Kier molecular flexibility index (Phi) is 4.90. The SMILES string of the molecule is CCN(CC)c1ccc2c(c1Br)Oc1c(ccc(C)c1Br)C21OC(=O)c2ccccc21. The smallest absolute Gasteiger partial charge is 0.340 e. The molecular formula is C25H21Br2NO3. The van der Waals surface area contributed by atoms with Gasteiger partial charge in [0, 0.05) is 29.8 Å². The molecule has 0 saturated heterocycles. The summed E-state index contributed by atoms with van der Waals surface area (Å²) >= 11 is 7.52. The maximum Gasteiger partial charge on any atom is 0.340 e. The molecule has 0 saturated carbocycles. The number of carbonyl (C=O) groups is 1. The summed E-state index contributed by atoms with van der Waals surface area (Å²) in [6.45, 7) is 8.02. The number of aryl methyl sites for hydroxylation is 1. The number of fused-ring (bicyclic) bond motifs is 6. The maximum atomic E-state index is 13.0. The number of esters is 1. The summed E-state index contributed by atoms with van der Waals surface area (Å²) in [4.78, 5) is 15.2. The van der Waals surface area contributed by atoms with E-state index in [0.29, 0.717) is 17.1 Å². The van der Waals surface area contributed by atoms with Crippen molar-refractivity contribution in [3.05, 3.63) is 85.3 Å². The van der Waals surface area contributed by atoms with Crippen LogP contribution in [0.4, 0.5) is 5.69 Å². The van der Waals surface area contributed by atoms with Crippen molar-refractivity contribution in [2.24, 2.45) is 0 Å². The molecule has 5 rings (SSSR count). The van der Waals surface area contributed by atoms with Gasteiger partial charge >= 0.3 is 5.97 Å². The highest BCUT2D eigenvalue weighted by atomic mass is 79.9. The van der Waals surface area contributed by atoms with Gasteiger partial charge in [-0.15, -0.1) is 0 Å². The predicted molar refractivity (Wildman–Crippen MR) is 128 cm³/mol. The number of benzene rings is 3. The summed E-state index contributed by atoms with van der Waals surface area (Å²) in [7, 11) is 0. The Balaban J connectivity index is 1.87. The largest absolute Gasteiger partial charge is 0.454 e. The van der Waals surface area contributed by atoms with Crippen molar-refractivity contribution in [1.29, 1.82) is 0 Å². The van der Waals surface area contributed by atoms with E-state index in [1.165, 1.54) is 0 Å². The van der Waals surface area contributed by atoms with Crippen LogP contribution in [0.25, 0.3) is 0 Å². The van der Waals surface area contributed by atoms with E-state index < -0.39 is 5.60 Å². The van der Waals surface area contributed by atoms with Gasteiger partial charge in [-0.05, 0) is 76.4 Å². The number of hydrogen-bond donors (Lipinski definition) is 0. The van der Waals surface area contributed by atoms with Gasteiger partial charge in [0.25, 0.3) is 0 Å². The number of hydrogen-bond acceptors (Lipinski definition) is 4. The van der Waals surface area contributed by atoms with Crippen LogP contribution in [-0.4, -0.2) is 19.1 Å². The summed E-state index contributed by atoms with van der Waals surface area (Å²) in [5, 5.41) is 0. The Morgan fingerprint density at radius 2 is 1.52 bits per heavy atom.